The molecule has 2 aromatic rings. The number of benzene rings is 1. The molecule has 1 aliphatic heterocycles. The highest BCUT2D eigenvalue weighted by Crippen LogP contribution is 2.30. The maximum absolute atomic E-state index is 5.76. The molecule has 2 heterocycles. The van der Waals surface area contributed by atoms with Crippen LogP contribution in [0, 0.1) is 0 Å². The molecule has 0 saturated carbocycles. The summed E-state index contributed by atoms with van der Waals surface area (Å²) in [5.74, 6) is 0. The van der Waals surface area contributed by atoms with Gasteiger partial charge in [0, 0.05) is 12.0 Å². The summed E-state index contributed by atoms with van der Waals surface area (Å²) >= 11 is 0. The normalized spacial score (nSPS) is 22.0. The van der Waals surface area contributed by atoms with Crippen LogP contribution in [0.15, 0.2) is 24.3 Å². The lowest BCUT2D eigenvalue weighted by Gasteiger charge is -2.21. The van der Waals surface area contributed by atoms with E-state index in [9.17, 15) is 0 Å². The van der Waals surface area contributed by atoms with Crippen molar-refractivity contribution in [2.75, 3.05) is 6.61 Å². The van der Waals surface area contributed by atoms with Crippen LogP contribution < -0.4 is 0 Å². The van der Waals surface area contributed by atoms with E-state index < -0.39 is 0 Å². The summed E-state index contributed by atoms with van der Waals surface area (Å²) in [5, 5.41) is 8.60. The second kappa shape index (κ2) is 3.66. The Balaban J connectivity index is 2.02. The van der Waals surface area contributed by atoms with Gasteiger partial charge in [0.15, 0.2) is 0 Å². The van der Waals surface area contributed by atoms with Crippen LogP contribution in [0.25, 0.3) is 10.9 Å². The van der Waals surface area contributed by atoms with E-state index in [4.69, 9.17) is 4.74 Å². The highest BCUT2D eigenvalue weighted by molar-refractivity contribution is 5.81. The first-order valence-electron chi connectivity index (χ1n) is 5.50. The molecule has 0 radical (unpaired) electrons. The summed E-state index contributed by atoms with van der Waals surface area (Å²) in [6.07, 6.45) is 3.75. The molecule has 1 saturated heterocycles. The largest absolute Gasteiger partial charge is 0.372 e. The van der Waals surface area contributed by atoms with Crippen LogP contribution in [0.5, 0.6) is 0 Å². The van der Waals surface area contributed by atoms with Gasteiger partial charge in [0.2, 0.25) is 0 Å². The standard InChI is InChI=1S/C12H14N2O/c1-2-6-10-9(5-1)12(14-13-10)11-7-3-4-8-15-11/h1-2,5-6,11H,3-4,7-8H2,(H,13,14). The molecule has 1 aromatic heterocycles. The molecule has 0 spiro atoms. The molecule has 1 atom stereocenters. The lowest BCUT2D eigenvalue weighted by Crippen LogP contribution is -2.12. The van der Waals surface area contributed by atoms with E-state index >= 15 is 0 Å². The smallest absolute Gasteiger partial charge is 0.0995 e. The topological polar surface area (TPSA) is 37.9 Å². The number of hydrogen-bond donors (Lipinski definition) is 1. The first-order chi connectivity index (χ1) is 7.45. The molecule has 3 heteroatoms. The van der Waals surface area contributed by atoms with Crippen molar-refractivity contribution < 1.29 is 4.74 Å². The zero-order valence-corrected chi connectivity index (χ0v) is 8.57. The van der Waals surface area contributed by atoms with Crippen LogP contribution in [0.4, 0.5) is 0 Å². The van der Waals surface area contributed by atoms with Gasteiger partial charge < -0.3 is 4.74 Å². The minimum Gasteiger partial charge on any atom is -0.372 e. The minimum atomic E-state index is 0.214. The van der Waals surface area contributed by atoms with Gasteiger partial charge in [-0.1, -0.05) is 18.2 Å². The predicted molar refractivity (Wildman–Crippen MR) is 58.6 cm³/mol. The number of fused-ring (bicyclic) bond motifs is 1. The summed E-state index contributed by atoms with van der Waals surface area (Å²) in [6, 6.07) is 8.18. The predicted octanol–water partition coefficient (Wildman–Crippen LogP) is 2.80. The molecule has 3 rings (SSSR count). The van der Waals surface area contributed by atoms with Crippen LogP contribution in [-0.4, -0.2) is 16.8 Å². The van der Waals surface area contributed by atoms with E-state index in [2.05, 4.69) is 16.3 Å². The molecule has 15 heavy (non-hydrogen) atoms. The average molecular weight is 202 g/mol. The highest BCUT2D eigenvalue weighted by Gasteiger charge is 2.19. The van der Waals surface area contributed by atoms with Crippen molar-refractivity contribution in [3.63, 3.8) is 0 Å². The molecule has 1 aromatic carbocycles. The van der Waals surface area contributed by atoms with Crippen molar-refractivity contribution in [2.24, 2.45) is 0 Å². The van der Waals surface area contributed by atoms with E-state index in [-0.39, 0.29) is 6.10 Å². The van der Waals surface area contributed by atoms with Gasteiger partial charge in [0.05, 0.1) is 17.3 Å². The highest BCUT2D eigenvalue weighted by atomic mass is 16.5. The zero-order valence-electron chi connectivity index (χ0n) is 8.57. The van der Waals surface area contributed by atoms with Gasteiger partial charge in [-0.3, -0.25) is 5.10 Å². The van der Waals surface area contributed by atoms with E-state index in [1.54, 1.807) is 0 Å². The number of aromatic nitrogens is 2. The van der Waals surface area contributed by atoms with Gasteiger partial charge in [-0.2, -0.15) is 5.10 Å². The quantitative estimate of drug-likeness (QED) is 0.772. The fourth-order valence-corrected chi connectivity index (χ4v) is 2.19. The van der Waals surface area contributed by atoms with Gasteiger partial charge >= 0.3 is 0 Å². The number of rotatable bonds is 1. The molecule has 3 nitrogen and oxygen atoms in total. The third-order valence-corrected chi connectivity index (χ3v) is 2.99. The average Bonchev–Trinajstić information content (AvgIpc) is 2.74. The lowest BCUT2D eigenvalue weighted by atomic mass is 10.0. The van der Waals surface area contributed by atoms with Crippen molar-refractivity contribution >= 4 is 10.9 Å². The van der Waals surface area contributed by atoms with Gasteiger partial charge in [-0.15, -0.1) is 0 Å². The number of nitrogens with zero attached hydrogens (tertiary/aromatic N) is 1. The van der Waals surface area contributed by atoms with E-state index in [1.807, 2.05) is 18.2 Å². The molecular formula is C12H14N2O. The Morgan fingerprint density at radius 3 is 3.07 bits per heavy atom. The summed E-state index contributed by atoms with van der Waals surface area (Å²) in [7, 11) is 0. The fraction of sp³-hybridized carbons (Fsp3) is 0.417. The molecule has 1 fully saturated rings. The zero-order chi connectivity index (χ0) is 10.1. The number of ether oxygens (including phenoxy) is 1. The van der Waals surface area contributed by atoms with Crippen molar-refractivity contribution in [3.05, 3.63) is 30.0 Å². The fourth-order valence-electron chi connectivity index (χ4n) is 2.19. The third-order valence-electron chi connectivity index (χ3n) is 2.99. The Morgan fingerprint density at radius 1 is 1.27 bits per heavy atom. The van der Waals surface area contributed by atoms with Crippen LogP contribution in [0.1, 0.15) is 31.1 Å². The Morgan fingerprint density at radius 2 is 2.20 bits per heavy atom. The van der Waals surface area contributed by atoms with Crippen LogP contribution >= 0.6 is 0 Å². The molecular weight excluding hydrogens is 188 g/mol. The van der Waals surface area contributed by atoms with Gasteiger partial charge in [0.1, 0.15) is 0 Å². The maximum Gasteiger partial charge on any atom is 0.0995 e. The van der Waals surface area contributed by atoms with Gasteiger partial charge in [-0.25, -0.2) is 0 Å². The number of aromatic amines is 1. The first kappa shape index (κ1) is 8.92. The summed E-state index contributed by atoms with van der Waals surface area (Å²) in [5.41, 5.74) is 2.17. The number of para-hydroxylation sites is 1. The Kier molecular flexibility index (Phi) is 2.18. The molecule has 0 aliphatic carbocycles. The Labute approximate surface area is 88.4 Å². The van der Waals surface area contributed by atoms with Gasteiger partial charge in [-0.05, 0) is 25.3 Å². The maximum atomic E-state index is 5.76. The Bertz CT molecular complexity index is 457. The van der Waals surface area contributed by atoms with E-state index in [1.165, 1.54) is 18.2 Å². The second-order valence-electron chi connectivity index (χ2n) is 4.01. The van der Waals surface area contributed by atoms with Crippen LogP contribution in [-0.2, 0) is 4.74 Å². The lowest BCUT2D eigenvalue weighted by molar-refractivity contribution is 0.0131. The Hall–Kier alpha value is -1.35. The third kappa shape index (κ3) is 1.53. The molecule has 0 amide bonds. The molecule has 0 bridgehead atoms. The van der Waals surface area contributed by atoms with Crippen molar-refractivity contribution in [3.8, 4) is 0 Å². The van der Waals surface area contributed by atoms with E-state index in [0.717, 1.165) is 24.2 Å². The van der Waals surface area contributed by atoms with Crippen molar-refractivity contribution in [1.82, 2.24) is 10.2 Å². The van der Waals surface area contributed by atoms with Crippen LogP contribution in [0.3, 0.4) is 0 Å². The number of nitrogens with one attached hydrogen (secondary N) is 1. The molecule has 1 N–H and O–H groups in total. The first-order valence-corrected chi connectivity index (χ1v) is 5.50. The molecule has 1 unspecified atom stereocenters. The van der Waals surface area contributed by atoms with Crippen molar-refractivity contribution in [2.45, 2.75) is 25.4 Å². The molecule has 1 aliphatic rings. The van der Waals surface area contributed by atoms with Crippen molar-refractivity contribution in [1.29, 1.82) is 0 Å². The van der Waals surface area contributed by atoms with Crippen LogP contribution in [0.2, 0.25) is 0 Å². The number of H-pyrrole nitrogens is 1. The second-order valence-corrected chi connectivity index (χ2v) is 4.01. The van der Waals surface area contributed by atoms with E-state index in [0.29, 0.717) is 0 Å². The number of hydrogen-bond acceptors (Lipinski definition) is 2. The summed E-state index contributed by atoms with van der Waals surface area (Å²) in [4.78, 5) is 0. The minimum absolute atomic E-state index is 0.214. The summed E-state index contributed by atoms with van der Waals surface area (Å²) in [6.45, 7) is 0.873. The molecule has 78 valence electrons. The SMILES string of the molecule is c1ccc2c(C3CCCCO3)[nH]nc2c1. The van der Waals surface area contributed by atoms with Gasteiger partial charge in [0.25, 0.3) is 0 Å². The summed E-state index contributed by atoms with van der Waals surface area (Å²) < 4.78 is 5.76. The monoisotopic (exact) mass is 202 g/mol.